The Morgan fingerprint density at radius 3 is 2.88 bits per heavy atom. The molecule has 6 heterocycles. The first-order valence-corrected chi connectivity index (χ1v) is 17.7. The van der Waals surface area contributed by atoms with E-state index in [1.165, 1.54) is 17.2 Å². The van der Waals surface area contributed by atoms with Crippen molar-refractivity contribution in [3.05, 3.63) is 57.1 Å². The second-order valence-corrected chi connectivity index (χ2v) is 14.7. The third-order valence-electron chi connectivity index (χ3n) is 10.2. The van der Waals surface area contributed by atoms with E-state index in [-0.39, 0.29) is 98.0 Å². The first-order chi connectivity index (χ1) is 25.0. The molecule has 2 aromatic carbocycles. The first kappa shape index (κ1) is 34.7. The van der Waals surface area contributed by atoms with Gasteiger partial charge in [-0.05, 0) is 37.4 Å². The van der Waals surface area contributed by atoms with Gasteiger partial charge in [-0.15, -0.1) is 11.3 Å². The third kappa shape index (κ3) is 5.67. The number of rotatable bonds is 8. The van der Waals surface area contributed by atoms with E-state index in [4.69, 9.17) is 25.8 Å². The summed E-state index contributed by atoms with van der Waals surface area (Å²) in [5.41, 5.74) is -1.31. The molecule has 52 heavy (non-hydrogen) atoms. The van der Waals surface area contributed by atoms with Gasteiger partial charge < -0.3 is 29.1 Å². The van der Waals surface area contributed by atoms with Crippen LogP contribution >= 0.6 is 22.9 Å². The van der Waals surface area contributed by atoms with Crippen LogP contribution in [0.5, 0.6) is 5.75 Å². The average molecular weight is 765 g/mol. The number of alkyl halides is 3. The predicted molar refractivity (Wildman–Crippen MR) is 179 cm³/mol. The molecule has 0 bridgehead atoms. The number of thiophene rings is 1. The van der Waals surface area contributed by atoms with Crippen LogP contribution in [0.4, 0.5) is 31.7 Å². The van der Waals surface area contributed by atoms with Crippen LogP contribution in [-0.2, 0) is 9.47 Å². The fourth-order valence-electron chi connectivity index (χ4n) is 8.06. The van der Waals surface area contributed by atoms with Crippen molar-refractivity contribution in [3.8, 4) is 22.9 Å². The summed E-state index contributed by atoms with van der Waals surface area (Å²) in [5.74, 6) is -2.53. The second-order valence-electron chi connectivity index (χ2n) is 13.3. The molecule has 2 N–H and O–H groups in total. The van der Waals surface area contributed by atoms with Gasteiger partial charge in [-0.2, -0.15) is 5.26 Å². The SMILES string of the molecule is N#Cc1c(NC(=O)O)sc2c(F)ccc(-c3c(F)c4c5c(c3Cl)=NCN(C3CCOC3)C=5N(CC(F)F)C=C(OC[C@@]35CCCN3C[C@H](F)C5)O4)c12. The molecule has 1 amide bonds. The molecule has 11 nitrogen and oxygen atoms in total. The highest BCUT2D eigenvalue weighted by Crippen LogP contribution is 2.46. The number of amides is 1. The minimum Gasteiger partial charge on any atom is -0.465 e. The quantitative estimate of drug-likeness (QED) is 0.284. The van der Waals surface area contributed by atoms with E-state index >= 15 is 8.78 Å². The third-order valence-corrected chi connectivity index (χ3v) is 11.7. The number of benzene rings is 2. The summed E-state index contributed by atoms with van der Waals surface area (Å²) in [6.07, 6.45) is -1.98. The van der Waals surface area contributed by atoms with Crippen LogP contribution < -0.4 is 20.6 Å². The molecule has 8 rings (SSSR count). The Kier molecular flexibility index (Phi) is 8.84. The van der Waals surface area contributed by atoms with Crippen LogP contribution in [-0.4, -0.2) is 96.2 Å². The number of fused-ring (bicyclic) bond motifs is 2. The number of nitrogens with one attached hydrogen (secondary N) is 1. The predicted octanol–water partition coefficient (Wildman–Crippen LogP) is 5.56. The van der Waals surface area contributed by atoms with Crippen molar-refractivity contribution in [3.63, 3.8) is 0 Å². The van der Waals surface area contributed by atoms with Gasteiger partial charge in [-0.1, -0.05) is 17.7 Å². The van der Waals surface area contributed by atoms with Gasteiger partial charge >= 0.3 is 12.0 Å². The van der Waals surface area contributed by atoms with Crippen molar-refractivity contribution in [2.75, 3.05) is 51.4 Å². The number of ether oxygens (including phenoxy) is 3. The van der Waals surface area contributed by atoms with Crippen molar-refractivity contribution in [2.24, 2.45) is 4.99 Å². The molecular formula is C34H30ClF5N6O5S. The lowest BCUT2D eigenvalue weighted by Crippen LogP contribution is -2.50. The van der Waals surface area contributed by atoms with Crippen LogP contribution in [0.2, 0.25) is 5.02 Å². The standard InChI is InChI=1S/C34H30ClF5N6O5S/c35-26-24(18-2-3-20(37)30-23(18)19(9-41)31(52-30)43-33(47)48)27(40)29-25-28(26)42-15-46(17-4-7-49-13-17)32(25)44(11-21(38)39)12-22(51-29)50-14-34-5-1-6-45(34)10-16(36)8-34/h2-3,12,16-17,21,43H,1,4-8,10-11,13-15H2,(H,47,48)/t16-,17?,34+/m1/s1. The summed E-state index contributed by atoms with van der Waals surface area (Å²) < 4.78 is 93.8. The zero-order valence-electron chi connectivity index (χ0n) is 27.2. The average Bonchev–Trinajstić information content (AvgIpc) is 3.87. The molecule has 3 fully saturated rings. The van der Waals surface area contributed by atoms with Crippen molar-refractivity contribution in [1.29, 1.82) is 5.26 Å². The molecule has 274 valence electrons. The van der Waals surface area contributed by atoms with Gasteiger partial charge in [0.15, 0.2) is 11.6 Å². The van der Waals surface area contributed by atoms with Crippen LogP contribution in [0.1, 0.15) is 31.2 Å². The smallest absolute Gasteiger partial charge is 0.409 e. The lowest BCUT2D eigenvalue weighted by molar-refractivity contribution is 0.0244. The fourth-order valence-corrected chi connectivity index (χ4v) is 9.47. The second kappa shape index (κ2) is 13.2. The molecule has 3 saturated heterocycles. The zero-order valence-corrected chi connectivity index (χ0v) is 28.8. The summed E-state index contributed by atoms with van der Waals surface area (Å²) in [7, 11) is 0. The summed E-state index contributed by atoms with van der Waals surface area (Å²) in [6.45, 7) is 0.616. The number of hydrogen-bond acceptors (Lipinski definition) is 10. The van der Waals surface area contributed by atoms with Gasteiger partial charge in [0.05, 0.1) is 56.8 Å². The first-order valence-electron chi connectivity index (χ1n) is 16.6. The van der Waals surface area contributed by atoms with Crippen molar-refractivity contribution in [2.45, 2.75) is 49.9 Å². The van der Waals surface area contributed by atoms with Gasteiger partial charge in [0.2, 0.25) is 0 Å². The maximum absolute atomic E-state index is 17.5. The van der Waals surface area contributed by atoms with E-state index in [0.717, 1.165) is 12.5 Å². The van der Waals surface area contributed by atoms with Gasteiger partial charge in [0, 0.05) is 30.5 Å². The normalized spacial score (nSPS) is 24.0. The Bertz CT molecular complexity index is 2190. The van der Waals surface area contributed by atoms with Gasteiger partial charge in [-0.3, -0.25) is 15.2 Å². The molecule has 0 aliphatic carbocycles. The van der Waals surface area contributed by atoms with Crippen LogP contribution in [0.15, 0.2) is 29.3 Å². The molecule has 5 aliphatic heterocycles. The maximum atomic E-state index is 17.5. The minimum absolute atomic E-state index is 0.00105. The lowest BCUT2D eigenvalue weighted by atomic mass is 9.95. The minimum atomic E-state index is -2.86. The monoisotopic (exact) mass is 764 g/mol. The molecule has 3 atom stereocenters. The Morgan fingerprint density at radius 1 is 1.33 bits per heavy atom. The number of carboxylic acid groups (broad SMARTS) is 1. The molecule has 0 spiro atoms. The lowest BCUT2D eigenvalue weighted by Gasteiger charge is -2.37. The van der Waals surface area contributed by atoms with E-state index in [9.17, 15) is 28.3 Å². The molecular weight excluding hydrogens is 735 g/mol. The Hall–Kier alpha value is -4.37. The topological polar surface area (TPSA) is 123 Å². The Balaban J connectivity index is 1.35. The molecule has 5 aliphatic rings. The van der Waals surface area contributed by atoms with Crippen molar-refractivity contribution < 1.29 is 46.1 Å². The van der Waals surface area contributed by atoms with E-state index in [1.54, 1.807) is 4.90 Å². The maximum Gasteiger partial charge on any atom is 0.409 e. The Labute approximate surface area is 301 Å². The molecule has 0 radical (unpaired) electrons. The molecule has 1 unspecified atom stereocenters. The van der Waals surface area contributed by atoms with Gasteiger partial charge in [-0.25, -0.2) is 26.7 Å². The van der Waals surface area contributed by atoms with Crippen LogP contribution in [0.25, 0.3) is 27.0 Å². The van der Waals surface area contributed by atoms with Crippen molar-refractivity contribution in [1.82, 2.24) is 14.7 Å². The molecule has 3 aromatic rings. The van der Waals surface area contributed by atoms with Crippen molar-refractivity contribution >= 4 is 49.9 Å². The highest BCUT2D eigenvalue weighted by molar-refractivity contribution is 7.23. The number of hydrogen-bond donors (Lipinski definition) is 2. The van der Waals surface area contributed by atoms with E-state index < -0.39 is 48.2 Å². The number of nitrogens with zero attached hydrogens (tertiary/aromatic N) is 5. The largest absolute Gasteiger partial charge is 0.465 e. The number of carbonyl (C=O) groups is 1. The van der Waals surface area contributed by atoms with Gasteiger partial charge in [0.25, 0.3) is 6.43 Å². The zero-order chi connectivity index (χ0) is 36.5. The van der Waals surface area contributed by atoms with E-state index in [0.29, 0.717) is 37.3 Å². The highest BCUT2D eigenvalue weighted by Gasteiger charge is 2.49. The summed E-state index contributed by atoms with van der Waals surface area (Å²) in [4.78, 5) is 21.2. The van der Waals surface area contributed by atoms with E-state index in [1.807, 2.05) is 11.0 Å². The summed E-state index contributed by atoms with van der Waals surface area (Å²) >= 11 is 7.65. The number of anilines is 1. The summed E-state index contributed by atoms with van der Waals surface area (Å²) in [5, 5.41) is 21.0. The van der Waals surface area contributed by atoms with Crippen LogP contribution in [0.3, 0.4) is 0 Å². The molecule has 1 aromatic heterocycles. The molecule has 0 saturated carbocycles. The summed E-state index contributed by atoms with van der Waals surface area (Å²) in [6, 6.07) is 3.82. The Morgan fingerprint density at radius 2 is 2.15 bits per heavy atom. The highest BCUT2D eigenvalue weighted by atomic mass is 35.5. The fraction of sp³-hybridized carbons (Fsp3) is 0.441. The molecule has 18 heteroatoms. The van der Waals surface area contributed by atoms with Crippen LogP contribution in [0, 0.1) is 23.0 Å². The van der Waals surface area contributed by atoms with Gasteiger partial charge in [0.1, 0.15) is 42.2 Å². The number of halogens is 6. The van der Waals surface area contributed by atoms with E-state index in [2.05, 4.69) is 10.3 Å². The number of nitriles is 1.